The Labute approximate surface area is 145 Å². The minimum atomic E-state index is 0.268. The molecule has 25 heavy (non-hydrogen) atoms. The van der Waals surface area contributed by atoms with E-state index in [0.717, 1.165) is 42.7 Å². The van der Waals surface area contributed by atoms with Crippen LogP contribution in [0.1, 0.15) is 23.9 Å². The van der Waals surface area contributed by atoms with E-state index in [1.165, 1.54) is 0 Å². The quantitative estimate of drug-likeness (QED) is 0.775. The molecule has 1 aliphatic heterocycles. The van der Waals surface area contributed by atoms with Gasteiger partial charge in [-0.3, -0.25) is 9.97 Å². The van der Waals surface area contributed by atoms with Crippen LogP contribution in [-0.4, -0.2) is 43.0 Å². The Hall–Kier alpha value is -3.16. The molecule has 1 aliphatic rings. The van der Waals surface area contributed by atoms with Crippen molar-refractivity contribution in [1.29, 1.82) is 0 Å². The maximum absolute atomic E-state index is 4.69. The highest BCUT2D eigenvalue weighted by molar-refractivity contribution is 5.50. The van der Waals surface area contributed by atoms with E-state index >= 15 is 0 Å². The van der Waals surface area contributed by atoms with E-state index in [1.807, 2.05) is 13.0 Å². The third kappa shape index (κ3) is 3.52. The molecule has 3 aromatic rings. The summed E-state index contributed by atoms with van der Waals surface area (Å²) in [5.74, 6) is 3.41. The van der Waals surface area contributed by atoms with Crippen LogP contribution < -0.4 is 10.2 Å². The zero-order valence-corrected chi connectivity index (χ0v) is 13.9. The first kappa shape index (κ1) is 15.4. The number of nitrogens with zero attached hydrogens (tertiary/aromatic N) is 7. The second-order valence-electron chi connectivity index (χ2n) is 5.96. The van der Waals surface area contributed by atoms with Gasteiger partial charge in [0.15, 0.2) is 0 Å². The number of aryl methyl sites for hydroxylation is 1. The maximum Gasteiger partial charge on any atom is 0.150 e. The molecule has 1 saturated heterocycles. The predicted octanol–water partition coefficient (Wildman–Crippen LogP) is 2.10. The van der Waals surface area contributed by atoms with Crippen molar-refractivity contribution in [1.82, 2.24) is 29.9 Å². The van der Waals surface area contributed by atoms with E-state index in [0.29, 0.717) is 5.82 Å². The van der Waals surface area contributed by atoms with Crippen LogP contribution in [0.3, 0.4) is 0 Å². The SMILES string of the molecule is Cc1cc(Nc2cnccn2)nc([C@H]2CCN(c3cnccn3)C2)n1. The second kappa shape index (κ2) is 6.76. The Bertz CT molecular complexity index is 840. The lowest BCUT2D eigenvalue weighted by Gasteiger charge is -2.16. The first-order chi connectivity index (χ1) is 12.3. The average Bonchev–Trinajstić information content (AvgIpc) is 3.13. The van der Waals surface area contributed by atoms with Crippen molar-refractivity contribution in [3.63, 3.8) is 0 Å². The summed E-state index contributed by atoms with van der Waals surface area (Å²) in [5.41, 5.74) is 0.925. The summed E-state index contributed by atoms with van der Waals surface area (Å²) in [6.45, 7) is 3.74. The molecule has 0 radical (unpaired) electrons. The third-order valence-corrected chi connectivity index (χ3v) is 4.12. The normalized spacial score (nSPS) is 16.8. The lowest BCUT2D eigenvalue weighted by Crippen LogP contribution is -2.21. The van der Waals surface area contributed by atoms with Crippen LogP contribution in [0.25, 0.3) is 0 Å². The standard InChI is InChI=1S/C17H18N8/c1-12-8-14(23-15-9-18-3-5-20-15)24-17(22-12)13-2-7-25(11-13)16-10-19-4-6-21-16/h3-6,8-10,13H,2,7,11H2,1H3,(H,20,22,23,24)/t13-/m0/s1. The molecule has 0 amide bonds. The molecule has 0 unspecified atom stereocenters. The Morgan fingerprint density at radius 1 is 1.00 bits per heavy atom. The molecule has 0 aromatic carbocycles. The molecular weight excluding hydrogens is 316 g/mol. The van der Waals surface area contributed by atoms with Gasteiger partial charge in [0, 0.05) is 55.6 Å². The largest absolute Gasteiger partial charge is 0.355 e. The zero-order chi connectivity index (χ0) is 17.1. The fraction of sp³-hybridized carbons (Fsp3) is 0.294. The van der Waals surface area contributed by atoms with Crippen molar-refractivity contribution in [2.24, 2.45) is 0 Å². The molecule has 4 rings (SSSR count). The van der Waals surface area contributed by atoms with E-state index in [-0.39, 0.29) is 5.92 Å². The smallest absolute Gasteiger partial charge is 0.150 e. The molecule has 8 nitrogen and oxygen atoms in total. The molecule has 0 spiro atoms. The van der Waals surface area contributed by atoms with Gasteiger partial charge in [-0.25, -0.2) is 19.9 Å². The summed E-state index contributed by atoms with van der Waals surface area (Å²) in [4.78, 5) is 28.3. The topological polar surface area (TPSA) is 92.6 Å². The summed E-state index contributed by atoms with van der Waals surface area (Å²) < 4.78 is 0. The number of nitrogens with one attached hydrogen (secondary N) is 1. The number of rotatable bonds is 4. The van der Waals surface area contributed by atoms with Gasteiger partial charge in [0.1, 0.15) is 23.3 Å². The molecule has 1 fully saturated rings. The van der Waals surface area contributed by atoms with Crippen molar-refractivity contribution in [3.05, 3.63) is 54.8 Å². The van der Waals surface area contributed by atoms with Crippen molar-refractivity contribution in [2.45, 2.75) is 19.3 Å². The van der Waals surface area contributed by atoms with Gasteiger partial charge >= 0.3 is 0 Å². The molecule has 1 atom stereocenters. The minimum absolute atomic E-state index is 0.268. The van der Waals surface area contributed by atoms with Gasteiger partial charge in [-0.1, -0.05) is 0 Å². The average molecular weight is 334 g/mol. The van der Waals surface area contributed by atoms with Crippen LogP contribution in [0.5, 0.6) is 0 Å². The van der Waals surface area contributed by atoms with Gasteiger partial charge in [-0.2, -0.15) is 0 Å². The summed E-state index contributed by atoms with van der Waals surface area (Å²) in [6, 6.07) is 1.91. The first-order valence-electron chi connectivity index (χ1n) is 8.17. The summed E-state index contributed by atoms with van der Waals surface area (Å²) >= 11 is 0. The number of anilines is 3. The monoisotopic (exact) mass is 334 g/mol. The highest BCUT2D eigenvalue weighted by Gasteiger charge is 2.27. The van der Waals surface area contributed by atoms with Gasteiger partial charge in [0.2, 0.25) is 0 Å². The molecular formula is C17H18N8. The summed E-state index contributed by atoms with van der Waals surface area (Å²) in [7, 11) is 0. The van der Waals surface area contributed by atoms with Gasteiger partial charge in [-0.05, 0) is 13.3 Å². The van der Waals surface area contributed by atoms with Crippen molar-refractivity contribution >= 4 is 17.5 Å². The Morgan fingerprint density at radius 3 is 2.60 bits per heavy atom. The summed E-state index contributed by atoms with van der Waals surface area (Å²) in [6.07, 6.45) is 11.1. The van der Waals surface area contributed by atoms with E-state index in [2.05, 4.69) is 40.1 Å². The van der Waals surface area contributed by atoms with E-state index in [1.54, 1.807) is 37.2 Å². The number of aromatic nitrogens is 6. The molecule has 1 N–H and O–H groups in total. The summed E-state index contributed by atoms with van der Waals surface area (Å²) in [5, 5.41) is 3.19. The highest BCUT2D eigenvalue weighted by atomic mass is 15.2. The number of hydrogen-bond acceptors (Lipinski definition) is 8. The fourth-order valence-electron chi connectivity index (χ4n) is 2.97. The van der Waals surface area contributed by atoms with Crippen LogP contribution >= 0.6 is 0 Å². The van der Waals surface area contributed by atoms with Crippen LogP contribution in [0, 0.1) is 6.92 Å². The first-order valence-corrected chi connectivity index (χ1v) is 8.17. The van der Waals surface area contributed by atoms with Crippen LogP contribution in [0.4, 0.5) is 17.5 Å². The zero-order valence-electron chi connectivity index (χ0n) is 13.9. The fourth-order valence-corrected chi connectivity index (χ4v) is 2.97. The molecule has 0 aliphatic carbocycles. The Balaban J connectivity index is 1.53. The molecule has 126 valence electrons. The molecule has 0 saturated carbocycles. The Kier molecular flexibility index (Phi) is 4.16. The van der Waals surface area contributed by atoms with Gasteiger partial charge in [0.25, 0.3) is 0 Å². The molecule has 0 bridgehead atoms. The van der Waals surface area contributed by atoms with Crippen molar-refractivity contribution in [3.8, 4) is 0 Å². The lowest BCUT2D eigenvalue weighted by molar-refractivity contribution is 0.705. The molecule has 3 aromatic heterocycles. The van der Waals surface area contributed by atoms with E-state index in [4.69, 9.17) is 0 Å². The lowest BCUT2D eigenvalue weighted by atomic mass is 10.1. The van der Waals surface area contributed by atoms with E-state index in [9.17, 15) is 0 Å². The highest BCUT2D eigenvalue weighted by Crippen LogP contribution is 2.28. The van der Waals surface area contributed by atoms with Crippen molar-refractivity contribution < 1.29 is 0 Å². The van der Waals surface area contributed by atoms with Crippen LogP contribution in [0.15, 0.2) is 43.2 Å². The predicted molar refractivity (Wildman–Crippen MR) is 93.7 cm³/mol. The van der Waals surface area contributed by atoms with Crippen LogP contribution in [0.2, 0.25) is 0 Å². The Morgan fingerprint density at radius 2 is 1.84 bits per heavy atom. The number of hydrogen-bond donors (Lipinski definition) is 1. The minimum Gasteiger partial charge on any atom is -0.355 e. The van der Waals surface area contributed by atoms with Gasteiger partial charge in [-0.15, -0.1) is 0 Å². The maximum atomic E-state index is 4.69. The second-order valence-corrected chi connectivity index (χ2v) is 5.96. The van der Waals surface area contributed by atoms with Gasteiger partial charge < -0.3 is 10.2 Å². The van der Waals surface area contributed by atoms with E-state index < -0.39 is 0 Å². The third-order valence-electron chi connectivity index (χ3n) is 4.12. The van der Waals surface area contributed by atoms with Crippen LogP contribution in [-0.2, 0) is 0 Å². The molecule has 8 heteroatoms. The molecule has 4 heterocycles. The van der Waals surface area contributed by atoms with Gasteiger partial charge in [0.05, 0.1) is 12.4 Å². The van der Waals surface area contributed by atoms with Crippen molar-refractivity contribution in [2.75, 3.05) is 23.3 Å².